The average Bonchev–Trinajstić information content (AvgIpc) is 3.55. The van der Waals surface area contributed by atoms with Gasteiger partial charge in [-0.15, -0.1) is 0 Å². The van der Waals surface area contributed by atoms with Gasteiger partial charge >= 0.3 is 0 Å². The minimum Gasteiger partial charge on any atom is -0.0593 e. The Labute approximate surface area is 238 Å². The molecule has 13 aliphatic rings. The molecule has 16 atom stereocenters. The Hall–Kier alpha value is 0. The van der Waals surface area contributed by atoms with E-state index in [-0.39, 0.29) is 0 Å². The summed E-state index contributed by atoms with van der Waals surface area (Å²) in [5.74, 6) is 0. The lowest BCUT2D eigenvalue weighted by molar-refractivity contribution is -0.270. The van der Waals surface area contributed by atoms with Crippen molar-refractivity contribution >= 4 is 0 Å². The maximum Gasteiger partial charge on any atom is -0.00880 e. The zero-order valence-corrected chi connectivity index (χ0v) is 27.4. The molecule has 0 aromatic heterocycles. The topological polar surface area (TPSA) is 0 Å². The van der Waals surface area contributed by atoms with Gasteiger partial charge in [-0.2, -0.15) is 0 Å². The SMILES string of the molecule is CC1(C)C[C@@]12[C@]1(C)C[C@@]13[C@]1(C)C[C@]1(C)[C@@]1(C)C[C@]14[C@]1(CC1(C)C)[C@@]1(C)C[C@@]15[C@@]1(C)C[C@@]1(C)[C@]1(C)C[C@@]12[C@@]51C[C@]314. The minimum atomic E-state index is 0.547. The summed E-state index contributed by atoms with van der Waals surface area (Å²) in [7, 11) is 0. The largest absolute Gasteiger partial charge is 0.0593 e. The highest BCUT2D eigenvalue weighted by molar-refractivity contribution is 5.73. The number of rotatable bonds is 0. The molecule has 13 saturated carbocycles. The summed E-state index contributed by atoms with van der Waals surface area (Å²) >= 11 is 0. The zero-order valence-electron chi connectivity index (χ0n) is 27.4. The van der Waals surface area contributed by atoms with Gasteiger partial charge in [-0.3, -0.25) is 0 Å². The lowest BCUT2D eigenvalue weighted by Crippen LogP contribution is -2.70. The Bertz CT molecular complexity index is 1480. The Morgan fingerprint density at radius 1 is 0.205 bits per heavy atom. The molecular formula is C39H54. The number of hydrogen-bond donors (Lipinski definition) is 0. The Morgan fingerprint density at radius 3 is 0.795 bits per heavy atom. The first-order valence-electron chi connectivity index (χ1n) is 17.6. The van der Waals surface area contributed by atoms with Crippen LogP contribution in [-0.4, -0.2) is 0 Å². The van der Waals surface area contributed by atoms with Gasteiger partial charge in [-0.05, 0) is 155 Å². The van der Waals surface area contributed by atoms with E-state index in [1.54, 1.807) is 57.8 Å². The highest BCUT2D eigenvalue weighted by Gasteiger charge is 3.27. The molecule has 0 aromatic carbocycles. The third-order valence-electron chi connectivity index (χ3n) is 24.5. The minimum absolute atomic E-state index is 0.547. The zero-order chi connectivity index (χ0) is 27.4. The third-order valence-corrected chi connectivity index (χ3v) is 24.5. The molecule has 0 aliphatic heterocycles. The Morgan fingerprint density at radius 2 is 0.487 bits per heavy atom. The first-order chi connectivity index (χ1) is 17.6. The van der Waals surface area contributed by atoms with E-state index in [4.69, 9.17) is 0 Å². The summed E-state index contributed by atoms with van der Waals surface area (Å²) in [5, 5.41) is 0. The van der Waals surface area contributed by atoms with Gasteiger partial charge in [0, 0.05) is 0 Å². The van der Waals surface area contributed by atoms with Crippen molar-refractivity contribution < 1.29 is 0 Å². The van der Waals surface area contributed by atoms with Crippen LogP contribution in [0.25, 0.3) is 0 Å². The van der Waals surface area contributed by atoms with Crippen molar-refractivity contribution in [3.05, 3.63) is 0 Å². The standard InChI is InChI=1S/C39H54/c1-22(2)13-32(22)30(11)19-34(30)26(7)16-25(26,6)29(10)18-37(29)33(14-23(33,3)4)31(12)20-35(31)27(8)15-24(27,5)28(9)17-36(28,32)38(35)21-39(34,37)38/h13-21H2,1-12H3/t24-,25+,26-,27+,28+,29-,30+,31-,32-,33-,34+,35+,36+,37+,38+,39+/m0/s1. The number of fused-ring (bicyclic) bond motifs is 6. The van der Waals surface area contributed by atoms with E-state index >= 15 is 0 Å². The molecule has 0 radical (unpaired) electrons. The molecule has 39 heavy (non-hydrogen) atoms. The van der Waals surface area contributed by atoms with Crippen molar-refractivity contribution in [1.82, 2.24) is 0 Å². The van der Waals surface area contributed by atoms with Crippen LogP contribution in [0, 0.1) is 97.5 Å². The van der Waals surface area contributed by atoms with Gasteiger partial charge in [0.15, 0.2) is 0 Å². The highest BCUT2D eigenvalue weighted by atomic mass is 15.3. The van der Waals surface area contributed by atoms with Crippen LogP contribution < -0.4 is 0 Å². The monoisotopic (exact) mass is 522 g/mol. The lowest BCUT2D eigenvalue weighted by atomic mass is 9.30. The van der Waals surface area contributed by atoms with Gasteiger partial charge in [-0.1, -0.05) is 83.1 Å². The van der Waals surface area contributed by atoms with Crippen LogP contribution in [0.5, 0.6) is 0 Å². The Kier molecular flexibility index (Phi) is 2.11. The summed E-state index contributed by atoms with van der Waals surface area (Å²) < 4.78 is 0. The molecule has 0 N–H and O–H groups in total. The molecule has 210 valence electrons. The van der Waals surface area contributed by atoms with Gasteiger partial charge in [-0.25, -0.2) is 0 Å². The van der Waals surface area contributed by atoms with Crippen LogP contribution in [-0.2, 0) is 0 Å². The molecule has 0 heteroatoms. The summed E-state index contributed by atoms with van der Waals surface area (Å²) in [6.45, 7) is 34.5. The van der Waals surface area contributed by atoms with E-state index in [0.29, 0.717) is 97.5 Å². The van der Waals surface area contributed by atoms with Crippen molar-refractivity contribution in [2.45, 2.75) is 141 Å². The second-order valence-electron chi connectivity index (χ2n) is 23.3. The van der Waals surface area contributed by atoms with Crippen molar-refractivity contribution in [2.24, 2.45) is 97.5 Å². The molecule has 13 aliphatic carbocycles. The lowest BCUT2D eigenvalue weighted by Gasteiger charge is -2.72. The molecule has 0 nitrogen and oxygen atoms in total. The van der Waals surface area contributed by atoms with E-state index in [0.717, 1.165) is 0 Å². The molecule has 0 aromatic rings. The van der Waals surface area contributed by atoms with Crippen molar-refractivity contribution in [2.75, 3.05) is 0 Å². The highest BCUT2D eigenvalue weighted by Crippen LogP contribution is 3.31. The molecular weight excluding hydrogens is 468 g/mol. The second kappa shape index (κ2) is 3.80. The molecule has 8 spiro atoms. The van der Waals surface area contributed by atoms with E-state index in [1.807, 2.05) is 0 Å². The van der Waals surface area contributed by atoms with Crippen LogP contribution in [0.1, 0.15) is 141 Å². The molecule has 0 bridgehead atoms. The summed E-state index contributed by atoms with van der Waals surface area (Å²) in [6, 6.07) is 0. The van der Waals surface area contributed by atoms with Crippen LogP contribution >= 0.6 is 0 Å². The third kappa shape index (κ3) is 0.973. The molecule has 0 saturated heterocycles. The van der Waals surface area contributed by atoms with Crippen LogP contribution in [0.2, 0.25) is 0 Å². The summed E-state index contributed by atoms with van der Waals surface area (Å²) in [5.41, 5.74) is 11.0. The average molecular weight is 523 g/mol. The van der Waals surface area contributed by atoms with Gasteiger partial charge < -0.3 is 0 Å². The summed E-state index contributed by atoms with van der Waals surface area (Å²) in [4.78, 5) is 0. The predicted octanol–water partition coefficient (Wildman–Crippen LogP) is 9.67. The Balaban J connectivity index is 1.27. The second-order valence-corrected chi connectivity index (χ2v) is 23.3. The van der Waals surface area contributed by atoms with E-state index in [1.165, 1.54) is 0 Å². The van der Waals surface area contributed by atoms with Crippen molar-refractivity contribution in [3.8, 4) is 0 Å². The fourth-order valence-electron chi connectivity index (χ4n) is 24.2. The smallest absolute Gasteiger partial charge is 0.00880 e. The normalized spacial score (nSPS) is 90.2. The van der Waals surface area contributed by atoms with Gasteiger partial charge in [0.2, 0.25) is 0 Å². The van der Waals surface area contributed by atoms with E-state index in [2.05, 4.69) is 83.1 Å². The maximum atomic E-state index is 2.98. The summed E-state index contributed by atoms with van der Waals surface area (Å²) in [6.07, 6.45) is 14.5. The van der Waals surface area contributed by atoms with Gasteiger partial charge in [0.1, 0.15) is 0 Å². The first kappa shape index (κ1) is 21.7. The maximum absolute atomic E-state index is 2.98. The molecule has 0 unspecified atom stereocenters. The molecule has 0 heterocycles. The molecule has 13 fully saturated rings. The predicted molar refractivity (Wildman–Crippen MR) is 153 cm³/mol. The van der Waals surface area contributed by atoms with Crippen LogP contribution in [0.4, 0.5) is 0 Å². The van der Waals surface area contributed by atoms with E-state index < -0.39 is 0 Å². The van der Waals surface area contributed by atoms with Gasteiger partial charge in [0.25, 0.3) is 0 Å². The van der Waals surface area contributed by atoms with Crippen molar-refractivity contribution in [1.29, 1.82) is 0 Å². The van der Waals surface area contributed by atoms with E-state index in [9.17, 15) is 0 Å². The quantitative estimate of drug-likeness (QED) is 0.297. The first-order valence-corrected chi connectivity index (χ1v) is 17.6. The fourth-order valence-corrected chi connectivity index (χ4v) is 24.2. The van der Waals surface area contributed by atoms with Crippen LogP contribution in [0.15, 0.2) is 0 Å². The van der Waals surface area contributed by atoms with Gasteiger partial charge in [0.05, 0.1) is 0 Å². The van der Waals surface area contributed by atoms with Crippen molar-refractivity contribution in [3.63, 3.8) is 0 Å². The molecule has 0 amide bonds. The van der Waals surface area contributed by atoms with Crippen LogP contribution in [0.3, 0.4) is 0 Å². The molecule has 13 rings (SSSR count). The number of hydrogen-bond acceptors (Lipinski definition) is 0. The fraction of sp³-hybridized carbons (Fsp3) is 1.00.